The summed E-state index contributed by atoms with van der Waals surface area (Å²) in [6, 6.07) is 0. The molecule has 1 rings (SSSR count). The van der Waals surface area contributed by atoms with Crippen LogP contribution in [0.1, 0.15) is 39.5 Å². The standard InChI is InChI=1S/C10H17/c1-9(2)8-10-6-4-3-5-7-10/h3-4,9H,5-8H2,1-2H3. The fourth-order valence-corrected chi connectivity index (χ4v) is 1.52. The first-order chi connectivity index (χ1) is 4.79. The Bertz CT molecular complexity index is 111. The Morgan fingerprint density at radius 2 is 2.20 bits per heavy atom. The van der Waals surface area contributed by atoms with E-state index < -0.39 is 0 Å². The van der Waals surface area contributed by atoms with Crippen molar-refractivity contribution in [3.05, 3.63) is 18.1 Å². The van der Waals surface area contributed by atoms with Crippen LogP contribution in [0.15, 0.2) is 12.2 Å². The van der Waals surface area contributed by atoms with Crippen molar-refractivity contribution in [1.29, 1.82) is 0 Å². The van der Waals surface area contributed by atoms with Crippen LogP contribution >= 0.6 is 0 Å². The van der Waals surface area contributed by atoms with Gasteiger partial charge in [-0.1, -0.05) is 26.0 Å². The van der Waals surface area contributed by atoms with Crippen molar-refractivity contribution in [3.63, 3.8) is 0 Å². The molecule has 0 heteroatoms. The lowest BCUT2D eigenvalue weighted by atomic mass is 9.87. The van der Waals surface area contributed by atoms with Gasteiger partial charge in [-0.05, 0) is 37.5 Å². The van der Waals surface area contributed by atoms with Crippen molar-refractivity contribution in [2.45, 2.75) is 39.5 Å². The fraction of sp³-hybridized carbons (Fsp3) is 0.700. The molecule has 0 N–H and O–H groups in total. The van der Waals surface area contributed by atoms with Crippen LogP contribution in [0.2, 0.25) is 0 Å². The van der Waals surface area contributed by atoms with E-state index in [0.717, 1.165) is 5.92 Å². The maximum absolute atomic E-state index is 2.31. The summed E-state index contributed by atoms with van der Waals surface area (Å²) in [4.78, 5) is 0. The third kappa shape index (κ3) is 2.55. The Morgan fingerprint density at radius 1 is 1.40 bits per heavy atom. The zero-order valence-electron chi connectivity index (χ0n) is 7.06. The van der Waals surface area contributed by atoms with Gasteiger partial charge in [0.05, 0.1) is 0 Å². The molecule has 0 amide bonds. The molecule has 10 heavy (non-hydrogen) atoms. The molecule has 0 atom stereocenters. The number of hydrogen-bond donors (Lipinski definition) is 0. The van der Waals surface area contributed by atoms with Crippen molar-refractivity contribution in [2.75, 3.05) is 0 Å². The van der Waals surface area contributed by atoms with Crippen molar-refractivity contribution in [2.24, 2.45) is 5.92 Å². The molecule has 0 unspecified atom stereocenters. The monoisotopic (exact) mass is 137 g/mol. The maximum Gasteiger partial charge on any atom is -0.0198 e. The third-order valence-corrected chi connectivity index (χ3v) is 1.93. The van der Waals surface area contributed by atoms with Gasteiger partial charge >= 0.3 is 0 Å². The molecule has 0 aromatic rings. The van der Waals surface area contributed by atoms with E-state index in [9.17, 15) is 0 Å². The van der Waals surface area contributed by atoms with Crippen molar-refractivity contribution >= 4 is 0 Å². The topological polar surface area (TPSA) is 0 Å². The molecule has 0 spiro atoms. The summed E-state index contributed by atoms with van der Waals surface area (Å²) in [7, 11) is 0. The minimum Gasteiger partial charge on any atom is -0.0885 e. The molecule has 0 saturated heterocycles. The molecule has 0 aliphatic heterocycles. The highest BCUT2D eigenvalue weighted by molar-refractivity contribution is 5.05. The van der Waals surface area contributed by atoms with E-state index in [2.05, 4.69) is 26.0 Å². The predicted octanol–water partition coefficient (Wildman–Crippen LogP) is 3.35. The Morgan fingerprint density at radius 3 is 2.70 bits per heavy atom. The van der Waals surface area contributed by atoms with Gasteiger partial charge in [-0.3, -0.25) is 0 Å². The first-order valence-electron chi connectivity index (χ1n) is 4.27. The molecule has 1 aliphatic rings. The molecule has 57 valence electrons. The summed E-state index contributed by atoms with van der Waals surface area (Å²) in [5.41, 5.74) is 0. The number of hydrogen-bond acceptors (Lipinski definition) is 0. The first kappa shape index (κ1) is 7.84. The highest BCUT2D eigenvalue weighted by atomic mass is 14.2. The Kier molecular flexibility index (Phi) is 2.98. The maximum atomic E-state index is 2.31. The van der Waals surface area contributed by atoms with E-state index in [1.54, 1.807) is 5.92 Å². The molecule has 0 aromatic carbocycles. The average Bonchev–Trinajstić information content (AvgIpc) is 1.88. The molecule has 0 nitrogen and oxygen atoms in total. The summed E-state index contributed by atoms with van der Waals surface area (Å²) in [6.45, 7) is 4.59. The number of rotatable bonds is 2. The normalized spacial score (nSPS) is 20.3. The van der Waals surface area contributed by atoms with Gasteiger partial charge in [0.1, 0.15) is 0 Å². The van der Waals surface area contributed by atoms with E-state index in [1.165, 1.54) is 25.7 Å². The molecule has 0 saturated carbocycles. The van der Waals surface area contributed by atoms with Crippen LogP contribution in [0, 0.1) is 11.8 Å². The SMILES string of the molecule is CC(C)C[C]1CC=CCC1. The van der Waals surface area contributed by atoms with Crippen LogP contribution in [-0.4, -0.2) is 0 Å². The number of allylic oxidation sites excluding steroid dienone is 2. The summed E-state index contributed by atoms with van der Waals surface area (Å²) < 4.78 is 0. The van der Waals surface area contributed by atoms with Gasteiger partial charge in [0.2, 0.25) is 0 Å². The first-order valence-corrected chi connectivity index (χ1v) is 4.27. The largest absolute Gasteiger partial charge is 0.0885 e. The van der Waals surface area contributed by atoms with Crippen LogP contribution < -0.4 is 0 Å². The van der Waals surface area contributed by atoms with E-state index in [0.29, 0.717) is 0 Å². The summed E-state index contributed by atoms with van der Waals surface area (Å²) in [5.74, 6) is 2.60. The van der Waals surface area contributed by atoms with Crippen LogP contribution in [-0.2, 0) is 0 Å². The van der Waals surface area contributed by atoms with Crippen molar-refractivity contribution in [3.8, 4) is 0 Å². The van der Waals surface area contributed by atoms with Crippen LogP contribution in [0.3, 0.4) is 0 Å². The minimum atomic E-state index is 0.849. The molecule has 0 bridgehead atoms. The third-order valence-electron chi connectivity index (χ3n) is 1.93. The van der Waals surface area contributed by atoms with Gasteiger partial charge < -0.3 is 0 Å². The summed E-state index contributed by atoms with van der Waals surface area (Å²) in [6.07, 6.45) is 9.81. The van der Waals surface area contributed by atoms with Crippen molar-refractivity contribution < 1.29 is 0 Å². The van der Waals surface area contributed by atoms with Gasteiger partial charge in [-0.2, -0.15) is 0 Å². The lowest BCUT2D eigenvalue weighted by molar-refractivity contribution is 0.550. The second-order valence-electron chi connectivity index (χ2n) is 3.56. The molecule has 1 aliphatic carbocycles. The zero-order chi connectivity index (χ0) is 7.40. The van der Waals surface area contributed by atoms with Crippen LogP contribution in [0.4, 0.5) is 0 Å². The van der Waals surface area contributed by atoms with E-state index in [1.807, 2.05) is 0 Å². The summed E-state index contributed by atoms with van der Waals surface area (Å²) >= 11 is 0. The predicted molar refractivity (Wildman–Crippen MR) is 45.7 cm³/mol. The second kappa shape index (κ2) is 3.80. The Hall–Kier alpha value is -0.260. The van der Waals surface area contributed by atoms with Gasteiger partial charge in [-0.25, -0.2) is 0 Å². The highest BCUT2D eigenvalue weighted by Gasteiger charge is 2.11. The summed E-state index contributed by atoms with van der Waals surface area (Å²) in [5, 5.41) is 0. The smallest absolute Gasteiger partial charge is 0.0198 e. The molecule has 0 heterocycles. The van der Waals surface area contributed by atoms with Gasteiger partial charge in [-0.15, -0.1) is 0 Å². The van der Waals surface area contributed by atoms with Gasteiger partial charge in [0, 0.05) is 0 Å². The lowest BCUT2D eigenvalue weighted by Gasteiger charge is -2.18. The zero-order valence-corrected chi connectivity index (χ0v) is 7.06. The molecule has 1 radical (unpaired) electrons. The van der Waals surface area contributed by atoms with Crippen LogP contribution in [0.25, 0.3) is 0 Å². The van der Waals surface area contributed by atoms with Crippen molar-refractivity contribution in [1.82, 2.24) is 0 Å². The van der Waals surface area contributed by atoms with Gasteiger partial charge in [0.25, 0.3) is 0 Å². The molecular formula is C10H17. The van der Waals surface area contributed by atoms with Crippen LogP contribution in [0.5, 0.6) is 0 Å². The Labute approximate surface area is 64.3 Å². The lowest BCUT2D eigenvalue weighted by Crippen LogP contribution is -2.03. The molecular weight excluding hydrogens is 120 g/mol. The molecule has 0 aromatic heterocycles. The van der Waals surface area contributed by atoms with E-state index in [4.69, 9.17) is 0 Å². The quantitative estimate of drug-likeness (QED) is 0.512. The average molecular weight is 137 g/mol. The fourth-order valence-electron chi connectivity index (χ4n) is 1.52. The second-order valence-corrected chi connectivity index (χ2v) is 3.56. The minimum absolute atomic E-state index is 0.849. The molecule has 0 fully saturated rings. The van der Waals surface area contributed by atoms with E-state index in [-0.39, 0.29) is 0 Å². The highest BCUT2D eigenvalue weighted by Crippen LogP contribution is 2.26. The van der Waals surface area contributed by atoms with Gasteiger partial charge in [0.15, 0.2) is 0 Å². The van der Waals surface area contributed by atoms with E-state index >= 15 is 0 Å². The Balaban J connectivity index is 2.22.